The lowest BCUT2D eigenvalue weighted by molar-refractivity contribution is 0.974. The Balaban J connectivity index is 2.42. The van der Waals surface area contributed by atoms with Crippen molar-refractivity contribution in [2.45, 2.75) is 26.2 Å². The second-order valence-corrected chi connectivity index (χ2v) is 4.31. The van der Waals surface area contributed by atoms with E-state index in [-0.39, 0.29) is 0 Å². The summed E-state index contributed by atoms with van der Waals surface area (Å²) in [6.07, 6.45) is 5.91. The second-order valence-electron chi connectivity index (χ2n) is 3.46. The Morgan fingerprint density at radius 1 is 1.38 bits per heavy atom. The van der Waals surface area contributed by atoms with E-state index >= 15 is 0 Å². The highest BCUT2D eigenvalue weighted by Gasteiger charge is 2.15. The summed E-state index contributed by atoms with van der Waals surface area (Å²) in [4.78, 5) is 0. The molecule has 2 rings (SSSR count). The molecule has 0 radical (unpaired) electrons. The summed E-state index contributed by atoms with van der Waals surface area (Å²) >= 11 is 3.62. The second kappa shape index (κ2) is 3.67. The lowest BCUT2D eigenvalue weighted by Crippen LogP contribution is -1.86. The first-order chi connectivity index (χ1) is 6.33. The normalized spacial score (nSPS) is 14.2. The van der Waals surface area contributed by atoms with Crippen molar-refractivity contribution in [3.05, 3.63) is 39.9 Å². The van der Waals surface area contributed by atoms with Crippen LogP contribution in [0, 0.1) is 0 Å². The van der Waals surface area contributed by atoms with Crippen LogP contribution in [0.15, 0.2) is 28.7 Å². The maximum Gasteiger partial charge on any atom is 0.0253 e. The maximum atomic E-state index is 3.62. The van der Waals surface area contributed by atoms with E-state index < -0.39 is 0 Å². The number of fused-ring (bicyclic) bond motifs is 1. The van der Waals surface area contributed by atoms with E-state index in [1.807, 2.05) is 0 Å². The molecular weight excluding hydrogens is 224 g/mol. The Labute approximate surface area is 87.8 Å². The molecule has 1 aliphatic rings. The van der Waals surface area contributed by atoms with Crippen molar-refractivity contribution in [1.82, 2.24) is 0 Å². The monoisotopic (exact) mass is 236 g/mol. The Kier molecular flexibility index (Phi) is 2.54. The van der Waals surface area contributed by atoms with Gasteiger partial charge in [-0.05, 0) is 35.6 Å². The molecule has 1 aromatic carbocycles. The minimum Gasteiger partial charge on any atom is -0.0762 e. The Bertz CT molecular complexity index is 350. The van der Waals surface area contributed by atoms with Gasteiger partial charge in [0.05, 0.1) is 0 Å². The van der Waals surface area contributed by atoms with Gasteiger partial charge in [0.25, 0.3) is 0 Å². The largest absolute Gasteiger partial charge is 0.0762 e. The molecule has 1 aromatic rings. The zero-order chi connectivity index (χ0) is 9.26. The smallest absolute Gasteiger partial charge is 0.0253 e. The summed E-state index contributed by atoms with van der Waals surface area (Å²) in [5.74, 6) is 0. The van der Waals surface area contributed by atoms with Gasteiger partial charge in [-0.3, -0.25) is 0 Å². The van der Waals surface area contributed by atoms with Crippen molar-refractivity contribution in [3.63, 3.8) is 0 Å². The molecule has 0 saturated heterocycles. The van der Waals surface area contributed by atoms with E-state index in [4.69, 9.17) is 0 Å². The third-order valence-electron chi connectivity index (χ3n) is 2.51. The van der Waals surface area contributed by atoms with Crippen molar-refractivity contribution in [2.24, 2.45) is 0 Å². The van der Waals surface area contributed by atoms with Crippen LogP contribution in [0.1, 0.15) is 30.9 Å². The molecule has 68 valence electrons. The maximum absolute atomic E-state index is 3.62. The molecule has 13 heavy (non-hydrogen) atoms. The van der Waals surface area contributed by atoms with Crippen LogP contribution in [0.25, 0.3) is 5.57 Å². The highest BCUT2D eigenvalue weighted by molar-refractivity contribution is 9.10. The number of halogens is 1. The number of rotatable bonds is 2. The quantitative estimate of drug-likeness (QED) is 0.723. The van der Waals surface area contributed by atoms with Crippen molar-refractivity contribution < 1.29 is 0 Å². The summed E-state index contributed by atoms with van der Waals surface area (Å²) in [7, 11) is 0. The average Bonchev–Trinajstić information content (AvgIpc) is 2.51. The third kappa shape index (κ3) is 1.58. The number of hydrogen-bond donors (Lipinski definition) is 0. The molecule has 1 aliphatic carbocycles. The van der Waals surface area contributed by atoms with Gasteiger partial charge >= 0.3 is 0 Å². The van der Waals surface area contributed by atoms with Crippen LogP contribution in [-0.4, -0.2) is 0 Å². The van der Waals surface area contributed by atoms with Gasteiger partial charge in [-0.25, -0.2) is 0 Å². The van der Waals surface area contributed by atoms with Crippen LogP contribution in [-0.2, 0) is 6.42 Å². The van der Waals surface area contributed by atoms with Crippen LogP contribution in [0.3, 0.4) is 0 Å². The Hall–Kier alpha value is -0.560. The fraction of sp³-hybridized carbons (Fsp3) is 0.333. The standard InChI is InChI=1S/C12H13Br/c1-2-4-9-7-8-10-5-3-6-11(13)12(9)10/h3,5-7H,2,4,8H2,1H3. The molecule has 0 heterocycles. The van der Waals surface area contributed by atoms with E-state index in [1.54, 1.807) is 0 Å². The molecule has 0 nitrogen and oxygen atoms in total. The summed E-state index contributed by atoms with van der Waals surface area (Å²) in [6.45, 7) is 2.23. The zero-order valence-corrected chi connectivity index (χ0v) is 9.39. The van der Waals surface area contributed by atoms with Gasteiger partial charge in [-0.2, -0.15) is 0 Å². The number of hydrogen-bond acceptors (Lipinski definition) is 0. The number of allylic oxidation sites excluding steroid dienone is 2. The molecule has 0 atom stereocenters. The van der Waals surface area contributed by atoms with E-state index in [1.165, 1.54) is 34.0 Å². The average molecular weight is 237 g/mol. The van der Waals surface area contributed by atoms with Crippen LogP contribution >= 0.6 is 15.9 Å². The summed E-state index contributed by atoms with van der Waals surface area (Å²) in [5, 5.41) is 0. The van der Waals surface area contributed by atoms with E-state index in [0.717, 1.165) is 6.42 Å². The van der Waals surface area contributed by atoms with Crippen LogP contribution < -0.4 is 0 Å². The van der Waals surface area contributed by atoms with Gasteiger partial charge < -0.3 is 0 Å². The molecule has 0 bridgehead atoms. The lowest BCUT2D eigenvalue weighted by atomic mass is 10.0. The molecule has 0 amide bonds. The fourth-order valence-corrected chi connectivity index (χ4v) is 2.59. The summed E-state index contributed by atoms with van der Waals surface area (Å²) in [5.41, 5.74) is 4.44. The molecule has 0 spiro atoms. The summed E-state index contributed by atoms with van der Waals surface area (Å²) < 4.78 is 1.25. The minimum absolute atomic E-state index is 1.12. The summed E-state index contributed by atoms with van der Waals surface area (Å²) in [6, 6.07) is 6.47. The van der Waals surface area contributed by atoms with E-state index in [2.05, 4.69) is 47.1 Å². The first-order valence-corrected chi connectivity index (χ1v) is 5.59. The third-order valence-corrected chi connectivity index (χ3v) is 3.17. The zero-order valence-electron chi connectivity index (χ0n) is 7.81. The molecule has 0 aromatic heterocycles. The van der Waals surface area contributed by atoms with Crippen molar-refractivity contribution in [2.75, 3.05) is 0 Å². The fourth-order valence-electron chi connectivity index (χ4n) is 1.93. The molecular formula is C12H13Br. The SMILES string of the molecule is CCCC1=CCc2cccc(Br)c21. The number of benzene rings is 1. The van der Waals surface area contributed by atoms with Gasteiger partial charge in [-0.1, -0.05) is 47.5 Å². The predicted molar refractivity (Wildman–Crippen MR) is 60.7 cm³/mol. The van der Waals surface area contributed by atoms with Crippen LogP contribution in [0.4, 0.5) is 0 Å². The first-order valence-electron chi connectivity index (χ1n) is 4.79. The van der Waals surface area contributed by atoms with Crippen molar-refractivity contribution >= 4 is 21.5 Å². The Morgan fingerprint density at radius 2 is 2.23 bits per heavy atom. The molecule has 0 unspecified atom stereocenters. The van der Waals surface area contributed by atoms with Crippen LogP contribution in [0.2, 0.25) is 0 Å². The van der Waals surface area contributed by atoms with Gasteiger partial charge in [-0.15, -0.1) is 0 Å². The molecule has 0 fully saturated rings. The molecule has 0 saturated carbocycles. The molecule has 0 aliphatic heterocycles. The van der Waals surface area contributed by atoms with Gasteiger partial charge in [0, 0.05) is 4.47 Å². The van der Waals surface area contributed by atoms with Crippen molar-refractivity contribution in [1.29, 1.82) is 0 Å². The van der Waals surface area contributed by atoms with E-state index in [0.29, 0.717) is 0 Å². The Morgan fingerprint density at radius 3 is 3.00 bits per heavy atom. The van der Waals surface area contributed by atoms with Crippen molar-refractivity contribution in [3.8, 4) is 0 Å². The first kappa shape index (κ1) is 9.01. The van der Waals surface area contributed by atoms with Gasteiger partial charge in [0.2, 0.25) is 0 Å². The molecule has 0 N–H and O–H groups in total. The minimum atomic E-state index is 1.12. The van der Waals surface area contributed by atoms with Crippen LogP contribution in [0.5, 0.6) is 0 Å². The van der Waals surface area contributed by atoms with E-state index in [9.17, 15) is 0 Å². The van der Waals surface area contributed by atoms with Gasteiger partial charge in [0.15, 0.2) is 0 Å². The topological polar surface area (TPSA) is 0 Å². The van der Waals surface area contributed by atoms with Gasteiger partial charge in [0.1, 0.15) is 0 Å². The molecule has 1 heteroatoms. The predicted octanol–water partition coefficient (Wildman–Crippen LogP) is 4.19. The highest BCUT2D eigenvalue weighted by Crippen LogP contribution is 2.35. The lowest BCUT2D eigenvalue weighted by Gasteiger charge is -2.06. The highest BCUT2D eigenvalue weighted by atomic mass is 79.9.